The van der Waals surface area contributed by atoms with Gasteiger partial charge in [0.1, 0.15) is 5.82 Å². The van der Waals surface area contributed by atoms with E-state index in [1.165, 1.54) is 0 Å². The Hall–Kier alpha value is -0.870. The van der Waals surface area contributed by atoms with Crippen molar-refractivity contribution >= 4 is 0 Å². The summed E-state index contributed by atoms with van der Waals surface area (Å²) >= 11 is 0. The van der Waals surface area contributed by atoms with Crippen molar-refractivity contribution in [1.82, 2.24) is 14.9 Å². The first kappa shape index (κ1) is 13.2. The molecule has 0 aliphatic rings. The van der Waals surface area contributed by atoms with Crippen LogP contribution in [-0.2, 0) is 13.1 Å². The lowest BCUT2D eigenvalue weighted by Gasteiger charge is -2.29. The number of nitrogens with one attached hydrogen (secondary N) is 1. The molecule has 0 aliphatic carbocycles. The van der Waals surface area contributed by atoms with Crippen molar-refractivity contribution in [2.24, 2.45) is 0 Å². The van der Waals surface area contributed by atoms with Crippen LogP contribution in [0, 0.1) is 0 Å². The summed E-state index contributed by atoms with van der Waals surface area (Å²) in [5, 5.41) is 12.9. The van der Waals surface area contributed by atoms with Crippen LogP contribution in [-0.4, -0.2) is 26.3 Å². The maximum atomic E-state index is 9.59. The molecule has 1 heterocycles. The van der Waals surface area contributed by atoms with Crippen molar-refractivity contribution in [3.8, 4) is 0 Å². The Bertz CT molecular complexity index is 318. The van der Waals surface area contributed by atoms with Gasteiger partial charge in [-0.3, -0.25) is 0 Å². The fourth-order valence-corrected chi connectivity index (χ4v) is 1.41. The van der Waals surface area contributed by atoms with Gasteiger partial charge in [0.05, 0.1) is 12.6 Å². The van der Waals surface area contributed by atoms with Gasteiger partial charge in [-0.2, -0.15) is 0 Å². The second-order valence-corrected chi connectivity index (χ2v) is 4.79. The van der Waals surface area contributed by atoms with Crippen molar-refractivity contribution in [3.05, 3.63) is 18.2 Å². The largest absolute Gasteiger partial charge is 0.392 e. The minimum absolute atomic E-state index is 0.289. The van der Waals surface area contributed by atoms with Gasteiger partial charge in [-0.1, -0.05) is 6.92 Å². The molecule has 92 valence electrons. The van der Waals surface area contributed by atoms with E-state index in [4.69, 9.17) is 0 Å². The number of aromatic nitrogens is 2. The number of aliphatic hydroxyl groups is 1. The number of rotatable bonds is 6. The Labute approximate surface area is 97.7 Å². The summed E-state index contributed by atoms with van der Waals surface area (Å²) in [5.41, 5.74) is -0.289. The number of aryl methyl sites for hydroxylation is 1. The van der Waals surface area contributed by atoms with Crippen LogP contribution in [0.15, 0.2) is 12.4 Å². The van der Waals surface area contributed by atoms with E-state index in [9.17, 15) is 5.11 Å². The average molecular weight is 225 g/mol. The van der Waals surface area contributed by atoms with Crippen molar-refractivity contribution in [2.45, 2.75) is 58.8 Å². The van der Waals surface area contributed by atoms with Crippen LogP contribution in [0.3, 0.4) is 0 Å². The molecule has 0 saturated heterocycles. The summed E-state index contributed by atoms with van der Waals surface area (Å²) in [4.78, 5) is 4.32. The van der Waals surface area contributed by atoms with Gasteiger partial charge in [0.2, 0.25) is 0 Å². The zero-order valence-corrected chi connectivity index (χ0v) is 10.7. The maximum absolute atomic E-state index is 9.59. The molecule has 0 spiro atoms. The van der Waals surface area contributed by atoms with Gasteiger partial charge in [0, 0.05) is 24.5 Å². The van der Waals surface area contributed by atoms with Crippen molar-refractivity contribution < 1.29 is 5.11 Å². The normalized spacial score (nSPS) is 14.1. The molecule has 0 aromatic carbocycles. The first-order valence-electron chi connectivity index (χ1n) is 5.90. The SMILES string of the molecule is CCCn1ccnc1CNC(C)(C)C(C)O. The molecule has 1 aromatic rings. The summed E-state index contributed by atoms with van der Waals surface area (Å²) in [5.74, 6) is 1.02. The highest BCUT2D eigenvalue weighted by atomic mass is 16.3. The summed E-state index contributed by atoms with van der Waals surface area (Å²) in [6, 6.07) is 0. The lowest BCUT2D eigenvalue weighted by Crippen LogP contribution is -2.48. The van der Waals surface area contributed by atoms with E-state index in [1.54, 1.807) is 6.92 Å². The van der Waals surface area contributed by atoms with E-state index in [0.29, 0.717) is 6.54 Å². The predicted molar refractivity (Wildman–Crippen MR) is 65.1 cm³/mol. The van der Waals surface area contributed by atoms with Gasteiger partial charge in [-0.05, 0) is 27.2 Å². The minimum atomic E-state index is -0.387. The summed E-state index contributed by atoms with van der Waals surface area (Å²) in [6.45, 7) is 9.61. The highest BCUT2D eigenvalue weighted by molar-refractivity contribution is 4.94. The third-order valence-corrected chi connectivity index (χ3v) is 3.01. The van der Waals surface area contributed by atoms with Gasteiger partial charge in [-0.15, -0.1) is 0 Å². The average Bonchev–Trinajstić information content (AvgIpc) is 2.63. The van der Waals surface area contributed by atoms with E-state index in [-0.39, 0.29) is 11.6 Å². The van der Waals surface area contributed by atoms with Crippen molar-refractivity contribution in [2.75, 3.05) is 0 Å². The Morgan fingerprint density at radius 2 is 2.25 bits per heavy atom. The topological polar surface area (TPSA) is 50.1 Å². The van der Waals surface area contributed by atoms with E-state index >= 15 is 0 Å². The van der Waals surface area contributed by atoms with Crippen LogP contribution in [0.25, 0.3) is 0 Å². The molecule has 2 N–H and O–H groups in total. The lowest BCUT2D eigenvalue weighted by atomic mass is 9.99. The molecule has 1 unspecified atom stereocenters. The van der Waals surface area contributed by atoms with Crippen molar-refractivity contribution in [3.63, 3.8) is 0 Å². The standard InChI is InChI=1S/C12H23N3O/c1-5-7-15-8-6-13-11(15)9-14-12(3,4)10(2)16/h6,8,10,14,16H,5,7,9H2,1-4H3. The Morgan fingerprint density at radius 1 is 1.56 bits per heavy atom. The third-order valence-electron chi connectivity index (χ3n) is 3.01. The second-order valence-electron chi connectivity index (χ2n) is 4.79. The highest BCUT2D eigenvalue weighted by Gasteiger charge is 2.23. The Morgan fingerprint density at radius 3 is 2.81 bits per heavy atom. The molecule has 0 radical (unpaired) electrons. The van der Waals surface area contributed by atoms with E-state index in [0.717, 1.165) is 18.8 Å². The van der Waals surface area contributed by atoms with Crippen LogP contribution in [0.4, 0.5) is 0 Å². The Balaban J connectivity index is 2.57. The van der Waals surface area contributed by atoms with Gasteiger partial charge in [-0.25, -0.2) is 4.98 Å². The molecule has 16 heavy (non-hydrogen) atoms. The molecule has 0 aliphatic heterocycles. The molecule has 0 bridgehead atoms. The van der Waals surface area contributed by atoms with Crippen LogP contribution in [0.1, 0.15) is 39.9 Å². The number of hydrogen-bond donors (Lipinski definition) is 2. The molecule has 1 rings (SSSR count). The molecular weight excluding hydrogens is 202 g/mol. The molecular formula is C12H23N3O. The molecule has 0 saturated carbocycles. The van der Waals surface area contributed by atoms with Crippen LogP contribution in [0.5, 0.6) is 0 Å². The van der Waals surface area contributed by atoms with E-state index in [1.807, 2.05) is 26.2 Å². The third kappa shape index (κ3) is 3.32. The van der Waals surface area contributed by atoms with Gasteiger partial charge in [0.15, 0.2) is 0 Å². The molecule has 4 nitrogen and oxygen atoms in total. The zero-order chi connectivity index (χ0) is 12.2. The number of aliphatic hydroxyl groups excluding tert-OH is 1. The first-order chi connectivity index (χ1) is 7.47. The van der Waals surface area contributed by atoms with Gasteiger partial charge < -0.3 is 15.0 Å². The smallest absolute Gasteiger partial charge is 0.122 e. The van der Waals surface area contributed by atoms with E-state index < -0.39 is 0 Å². The fraction of sp³-hybridized carbons (Fsp3) is 0.750. The highest BCUT2D eigenvalue weighted by Crippen LogP contribution is 2.09. The molecule has 4 heteroatoms. The van der Waals surface area contributed by atoms with Crippen LogP contribution < -0.4 is 5.32 Å². The number of nitrogens with zero attached hydrogens (tertiary/aromatic N) is 2. The van der Waals surface area contributed by atoms with Gasteiger partial charge in [0.25, 0.3) is 0 Å². The second kappa shape index (κ2) is 5.46. The molecule has 1 atom stereocenters. The summed E-state index contributed by atoms with van der Waals surface area (Å²) < 4.78 is 2.14. The minimum Gasteiger partial charge on any atom is -0.392 e. The number of imidazole rings is 1. The fourth-order valence-electron chi connectivity index (χ4n) is 1.41. The number of hydrogen-bond acceptors (Lipinski definition) is 3. The summed E-state index contributed by atoms with van der Waals surface area (Å²) in [6.07, 6.45) is 4.53. The van der Waals surface area contributed by atoms with Crippen molar-refractivity contribution in [1.29, 1.82) is 0 Å². The zero-order valence-electron chi connectivity index (χ0n) is 10.7. The lowest BCUT2D eigenvalue weighted by molar-refractivity contribution is 0.0949. The predicted octanol–water partition coefficient (Wildman–Crippen LogP) is 1.54. The van der Waals surface area contributed by atoms with Crippen LogP contribution in [0.2, 0.25) is 0 Å². The van der Waals surface area contributed by atoms with Gasteiger partial charge >= 0.3 is 0 Å². The first-order valence-corrected chi connectivity index (χ1v) is 5.90. The quantitative estimate of drug-likeness (QED) is 0.772. The maximum Gasteiger partial charge on any atom is 0.122 e. The summed E-state index contributed by atoms with van der Waals surface area (Å²) in [7, 11) is 0. The Kier molecular flexibility index (Phi) is 4.50. The van der Waals surface area contributed by atoms with E-state index in [2.05, 4.69) is 21.8 Å². The van der Waals surface area contributed by atoms with Crippen LogP contribution >= 0.6 is 0 Å². The molecule has 0 fully saturated rings. The monoisotopic (exact) mass is 225 g/mol. The molecule has 1 aromatic heterocycles. The molecule has 0 amide bonds.